The number of anilines is 1. The number of benzene rings is 2. The summed E-state index contributed by atoms with van der Waals surface area (Å²) in [5, 5.41) is 23.2. The number of nitro benzene ring substituents is 1. The van der Waals surface area contributed by atoms with E-state index in [4.69, 9.17) is 10.8 Å². The monoisotopic (exact) mass is 301 g/mol. The van der Waals surface area contributed by atoms with E-state index in [2.05, 4.69) is 5.32 Å². The number of nitrogens with one attached hydrogen (secondary N) is 1. The Labute approximate surface area is 126 Å². The van der Waals surface area contributed by atoms with E-state index in [-0.39, 0.29) is 24.4 Å². The molecule has 0 radical (unpaired) electrons. The van der Waals surface area contributed by atoms with Crippen LogP contribution in [0.15, 0.2) is 42.5 Å². The summed E-state index contributed by atoms with van der Waals surface area (Å²) in [6, 6.07) is 11.2. The number of hydrogen-bond acceptors (Lipinski definition) is 5. The van der Waals surface area contributed by atoms with Crippen LogP contribution < -0.4 is 11.1 Å². The summed E-state index contributed by atoms with van der Waals surface area (Å²) in [6.45, 7) is 0.132. The van der Waals surface area contributed by atoms with Crippen molar-refractivity contribution in [1.82, 2.24) is 0 Å². The number of carbonyl (C=O) groups excluding carboxylic acids is 1. The molecule has 0 saturated heterocycles. The van der Waals surface area contributed by atoms with E-state index in [0.29, 0.717) is 5.56 Å². The number of aliphatic hydroxyl groups is 1. The van der Waals surface area contributed by atoms with Crippen molar-refractivity contribution in [2.75, 3.05) is 5.32 Å². The molecule has 0 bridgehead atoms. The summed E-state index contributed by atoms with van der Waals surface area (Å²) >= 11 is 0. The van der Waals surface area contributed by atoms with E-state index < -0.39 is 10.8 Å². The Morgan fingerprint density at radius 3 is 2.68 bits per heavy atom. The molecule has 0 aliphatic carbocycles. The lowest BCUT2D eigenvalue weighted by Gasteiger charge is -2.09. The summed E-state index contributed by atoms with van der Waals surface area (Å²) in [5.41, 5.74) is 6.97. The van der Waals surface area contributed by atoms with Gasteiger partial charge in [-0.1, -0.05) is 12.1 Å². The predicted molar refractivity (Wildman–Crippen MR) is 81.3 cm³/mol. The Bertz CT molecular complexity index is 716. The molecule has 4 N–H and O–H groups in total. The fourth-order valence-electron chi connectivity index (χ4n) is 2.01. The Kier molecular flexibility index (Phi) is 4.70. The van der Waals surface area contributed by atoms with Gasteiger partial charge in [-0.05, 0) is 29.8 Å². The zero-order valence-corrected chi connectivity index (χ0v) is 11.7. The molecule has 0 heterocycles. The van der Waals surface area contributed by atoms with Gasteiger partial charge in [0.1, 0.15) is 0 Å². The average molecular weight is 301 g/mol. The zero-order chi connectivity index (χ0) is 16.1. The summed E-state index contributed by atoms with van der Waals surface area (Å²) < 4.78 is 0. The molecule has 0 aromatic heterocycles. The third-order valence-corrected chi connectivity index (χ3v) is 3.16. The molecule has 114 valence electrons. The van der Waals surface area contributed by atoms with Crippen molar-refractivity contribution in [1.29, 1.82) is 0 Å². The highest BCUT2D eigenvalue weighted by atomic mass is 16.6. The second-order valence-electron chi connectivity index (χ2n) is 4.68. The van der Waals surface area contributed by atoms with Crippen LogP contribution in [0.4, 0.5) is 11.4 Å². The molecule has 2 aromatic rings. The molecular weight excluding hydrogens is 286 g/mol. The molecular formula is C15H15N3O4. The second kappa shape index (κ2) is 6.68. The minimum atomic E-state index is -0.710. The highest BCUT2D eigenvalue weighted by Crippen LogP contribution is 2.22. The van der Waals surface area contributed by atoms with Gasteiger partial charge in [0.15, 0.2) is 0 Å². The molecule has 1 amide bonds. The van der Waals surface area contributed by atoms with E-state index in [1.54, 1.807) is 24.3 Å². The molecule has 2 aromatic carbocycles. The number of aliphatic hydroxyl groups excluding tert-OH is 1. The van der Waals surface area contributed by atoms with Gasteiger partial charge in [0, 0.05) is 29.4 Å². The van der Waals surface area contributed by atoms with Gasteiger partial charge in [0.05, 0.1) is 11.5 Å². The van der Waals surface area contributed by atoms with Crippen molar-refractivity contribution in [3.05, 3.63) is 69.3 Å². The van der Waals surface area contributed by atoms with Crippen LogP contribution in [0.1, 0.15) is 21.5 Å². The standard InChI is InChI=1S/C15H15N3O4/c16-15(20)11-4-5-12(14(7-11)18(21)22)8-17-13-3-1-2-10(6-13)9-19/h1-7,17,19H,8-9H2,(H2,16,20). The van der Waals surface area contributed by atoms with Gasteiger partial charge in [-0.3, -0.25) is 14.9 Å². The third-order valence-electron chi connectivity index (χ3n) is 3.16. The Balaban J connectivity index is 2.21. The van der Waals surface area contributed by atoms with Crippen LogP contribution in [0.2, 0.25) is 0 Å². The Hall–Kier alpha value is -2.93. The summed E-state index contributed by atoms with van der Waals surface area (Å²) in [6.07, 6.45) is 0. The molecule has 22 heavy (non-hydrogen) atoms. The number of rotatable bonds is 6. The van der Waals surface area contributed by atoms with Gasteiger partial charge >= 0.3 is 0 Å². The quantitative estimate of drug-likeness (QED) is 0.555. The van der Waals surface area contributed by atoms with E-state index in [9.17, 15) is 14.9 Å². The first-order chi connectivity index (χ1) is 10.5. The van der Waals surface area contributed by atoms with E-state index in [1.807, 2.05) is 0 Å². The van der Waals surface area contributed by atoms with Gasteiger partial charge in [-0.25, -0.2) is 0 Å². The third kappa shape index (κ3) is 3.58. The average Bonchev–Trinajstić information content (AvgIpc) is 2.52. The summed E-state index contributed by atoms with van der Waals surface area (Å²) in [4.78, 5) is 21.7. The number of primary amides is 1. The van der Waals surface area contributed by atoms with Crippen molar-refractivity contribution in [3.8, 4) is 0 Å². The van der Waals surface area contributed by atoms with Crippen LogP contribution >= 0.6 is 0 Å². The SMILES string of the molecule is NC(=O)c1ccc(CNc2cccc(CO)c2)c([N+](=O)[O-])c1. The number of nitrogens with two attached hydrogens (primary N) is 1. The van der Waals surface area contributed by atoms with E-state index >= 15 is 0 Å². The number of amides is 1. The smallest absolute Gasteiger partial charge is 0.275 e. The first-order valence-electron chi connectivity index (χ1n) is 6.52. The van der Waals surface area contributed by atoms with Gasteiger partial charge in [0.2, 0.25) is 5.91 Å². The molecule has 0 unspecified atom stereocenters. The summed E-state index contributed by atoms with van der Waals surface area (Å²) in [7, 11) is 0. The maximum Gasteiger partial charge on any atom is 0.275 e. The molecule has 0 fully saturated rings. The lowest BCUT2D eigenvalue weighted by atomic mass is 10.1. The van der Waals surface area contributed by atoms with Crippen LogP contribution in [0, 0.1) is 10.1 Å². The van der Waals surface area contributed by atoms with Crippen molar-refractivity contribution in [3.63, 3.8) is 0 Å². The van der Waals surface area contributed by atoms with Crippen LogP contribution in [0.5, 0.6) is 0 Å². The maximum absolute atomic E-state index is 11.1. The first-order valence-corrected chi connectivity index (χ1v) is 6.52. The minimum Gasteiger partial charge on any atom is -0.392 e. The molecule has 0 atom stereocenters. The van der Waals surface area contributed by atoms with E-state index in [1.165, 1.54) is 18.2 Å². The van der Waals surface area contributed by atoms with Gasteiger partial charge in [-0.2, -0.15) is 0 Å². The zero-order valence-electron chi connectivity index (χ0n) is 11.7. The minimum absolute atomic E-state index is 0.0804. The predicted octanol–water partition coefficient (Wildman–Crippen LogP) is 1.80. The maximum atomic E-state index is 11.1. The van der Waals surface area contributed by atoms with Gasteiger partial charge in [-0.15, -0.1) is 0 Å². The van der Waals surface area contributed by atoms with Gasteiger partial charge in [0.25, 0.3) is 5.69 Å². The topological polar surface area (TPSA) is 118 Å². The highest BCUT2D eigenvalue weighted by Gasteiger charge is 2.16. The molecule has 0 spiro atoms. The van der Waals surface area contributed by atoms with Crippen LogP contribution in [0.25, 0.3) is 0 Å². The number of nitrogens with zero attached hydrogens (tertiary/aromatic N) is 1. The van der Waals surface area contributed by atoms with Crippen LogP contribution in [-0.2, 0) is 13.2 Å². The Morgan fingerprint density at radius 1 is 1.27 bits per heavy atom. The van der Waals surface area contributed by atoms with Crippen molar-refractivity contribution in [2.45, 2.75) is 13.2 Å². The molecule has 0 aliphatic heterocycles. The van der Waals surface area contributed by atoms with Crippen molar-refractivity contribution >= 4 is 17.3 Å². The first kappa shape index (κ1) is 15.5. The molecule has 2 rings (SSSR count). The number of carbonyl (C=O) groups is 1. The Morgan fingerprint density at radius 2 is 2.05 bits per heavy atom. The molecule has 7 nitrogen and oxygen atoms in total. The fraction of sp³-hybridized carbons (Fsp3) is 0.133. The van der Waals surface area contributed by atoms with Gasteiger partial charge < -0.3 is 16.2 Å². The molecule has 7 heteroatoms. The van der Waals surface area contributed by atoms with Crippen LogP contribution in [0.3, 0.4) is 0 Å². The fourth-order valence-corrected chi connectivity index (χ4v) is 2.01. The van der Waals surface area contributed by atoms with Crippen molar-refractivity contribution < 1.29 is 14.8 Å². The van der Waals surface area contributed by atoms with E-state index in [0.717, 1.165) is 11.3 Å². The second-order valence-corrected chi connectivity index (χ2v) is 4.68. The highest BCUT2D eigenvalue weighted by molar-refractivity contribution is 5.93. The molecule has 0 aliphatic rings. The largest absolute Gasteiger partial charge is 0.392 e. The number of hydrogen-bond donors (Lipinski definition) is 3. The van der Waals surface area contributed by atoms with Crippen molar-refractivity contribution in [2.24, 2.45) is 5.73 Å². The number of nitro groups is 1. The lowest BCUT2D eigenvalue weighted by Crippen LogP contribution is -2.12. The molecule has 0 saturated carbocycles. The lowest BCUT2D eigenvalue weighted by molar-refractivity contribution is -0.385. The normalized spacial score (nSPS) is 10.2. The van der Waals surface area contributed by atoms with Crippen LogP contribution in [-0.4, -0.2) is 15.9 Å². The summed E-state index contributed by atoms with van der Waals surface area (Å²) in [5.74, 6) is -0.710.